The zero-order chi connectivity index (χ0) is 20.8. The fraction of sp³-hybridized carbons (Fsp3) is 0.391. The lowest BCUT2D eigenvalue weighted by Crippen LogP contribution is -2.47. The number of amides is 3. The number of rotatable bonds is 5. The molecule has 0 aromatic heterocycles. The lowest BCUT2D eigenvalue weighted by Gasteiger charge is -2.33. The van der Waals surface area contributed by atoms with E-state index in [9.17, 15) is 9.59 Å². The number of carbonyl (C=O) groups is 2. The average Bonchev–Trinajstić information content (AvgIpc) is 2.75. The van der Waals surface area contributed by atoms with Crippen LogP contribution in [0.3, 0.4) is 0 Å². The van der Waals surface area contributed by atoms with Gasteiger partial charge >= 0.3 is 6.03 Å². The summed E-state index contributed by atoms with van der Waals surface area (Å²) in [6.07, 6.45) is 3.06. The Hall–Kier alpha value is -2.53. The fourth-order valence-corrected chi connectivity index (χ4v) is 4.03. The van der Waals surface area contributed by atoms with Crippen LogP contribution < -0.4 is 10.6 Å². The van der Waals surface area contributed by atoms with Crippen molar-refractivity contribution in [2.45, 2.75) is 45.6 Å². The maximum absolute atomic E-state index is 12.8. The number of carbonyl (C=O) groups excluding carboxylic acids is 2. The molecule has 3 rings (SSSR count). The quantitative estimate of drug-likeness (QED) is 0.732. The summed E-state index contributed by atoms with van der Waals surface area (Å²) < 4.78 is 0. The van der Waals surface area contributed by atoms with Gasteiger partial charge in [0.25, 0.3) is 5.91 Å². The molecule has 2 aromatic carbocycles. The molecule has 0 radical (unpaired) electrons. The molecule has 0 spiro atoms. The van der Waals surface area contributed by atoms with Crippen LogP contribution in [-0.4, -0.2) is 36.0 Å². The van der Waals surface area contributed by atoms with Crippen LogP contribution >= 0.6 is 11.6 Å². The van der Waals surface area contributed by atoms with Crippen LogP contribution in [0.15, 0.2) is 42.5 Å². The highest BCUT2D eigenvalue weighted by Gasteiger charge is 2.25. The predicted octanol–water partition coefficient (Wildman–Crippen LogP) is 4.89. The Morgan fingerprint density at radius 1 is 1.03 bits per heavy atom. The van der Waals surface area contributed by atoms with Crippen LogP contribution in [0.5, 0.6) is 0 Å². The standard InChI is InChI=1S/C23H28ClN3O2/c1-3-16-10-11-20(24)19(4-2)21(16)26-23(29)27-14-12-18(13-15-27)25-22(28)17-8-6-5-7-9-17/h5-11,18H,3-4,12-15H2,1-2H3,(H,25,28)(H,26,29). The largest absolute Gasteiger partial charge is 0.349 e. The van der Waals surface area contributed by atoms with Crippen molar-refractivity contribution >= 4 is 29.2 Å². The molecule has 2 N–H and O–H groups in total. The van der Waals surface area contributed by atoms with Crippen molar-refractivity contribution in [3.05, 3.63) is 64.2 Å². The summed E-state index contributed by atoms with van der Waals surface area (Å²) in [5.41, 5.74) is 3.56. The Balaban J connectivity index is 1.58. The Bertz CT molecular complexity index is 862. The number of nitrogens with zero attached hydrogens (tertiary/aromatic N) is 1. The highest BCUT2D eigenvalue weighted by molar-refractivity contribution is 6.32. The lowest BCUT2D eigenvalue weighted by atomic mass is 10.0. The van der Waals surface area contributed by atoms with E-state index in [4.69, 9.17) is 11.6 Å². The number of urea groups is 1. The van der Waals surface area contributed by atoms with E-state index < -0.39 is 0 Å². The Morgan fingerprint density at radius 2 is 1.72 bits per heavy atom. The van der Waals surface area contributed by atoms with Gasteiger partial charge in [0.2, 0.25) is 0 Å². The summed E-state index contributed by atoms with van der Waals surface area (Å²) in [4.78, 5) is 27.0. The number of nitrogens with one attached hydrogen (secondary N) is 2. The molecule has 0 aliphatic carbocycles. The van der Waals surface area contributed by atoms with Gasteiger partial charge < -0.3 is 15.5 Å². The normalized spacial score (nSPS) is 14.5. The summed E-state index contributed by atoms with van der Waals surface area (Å²) in [6, 6.07) is 13.1. The van der Waals surface area contributed by atoms with Crippen LogP contribution in [0, 0.1) is 0 Å². The van der Waals surface area contributed by atoms with Crippen molar-refractivity contribution in [2.24, 2.45) is 0 Å². The van der Waals surface area contributed by atoms with Gasteiger partial charge in [0.15, 0.2) is 0 Å². The lowest BCUT2D eigenvalue weighted by molar-refractivity contribution is 0.0919. The second kappa shape index (κ2) is 9.79. The minimum absolute atomic E-state index is 0.0624. The van der Waals surface area contributed by atoms with Crippen LogP contribution in [0.1, 0.15) is 48.2 Å². The molecule has 1 aliphatic rings. The van der Waals surface area contributed by atoms with Gasteiger partial charge in [0.1, 0.15) is 0 Å². The number of benzene rings is 2. The zero-order valence-electron chi connectivity index (χ0n) is 17.0. The van der Waals surface area contributed by atoms with Gasteiger partial charge in [0, 0.05) is 29.7 Å². The number of likely N-dealkylation sites (tertiary alicyclic amines) is 1. The number of anilines is 1. The first kappa shape index (κ1) is 21.2. The monoisotopic (exact) mass is 413 g/mol. The third kappa shape index (κ3) is 5.10. The average molecular weight is 414 g/mol. The van der Waals surface area contributed by atoms with Gasteiger partial charge in [-0.3, -0.25) is 4.79 Å². The van der Waals surface area contributed by atoms with Crippen molar-refractivity contribution in [1.29, 1.82) is 0 Å². The minimum atomic E-state index is -0.107. The van der Waals surface area contributed by atoms with Gasteiger partial charge in [-0.05, 0) is 55.0 Å². The van der Waals surface area contributed by atoms with E-state index in [0.717, 1.165) is 42.5 Å². The van der Waals surface area contributed by atoms with Gasteiger partial charge in [-0.25, -0.2) is 4.79 Å². The minimum Gasteiger partial charge on any atom is -0.349 e. The molecule has 5 nitrogen and oxygen atoms in total. The molecule has 0 atom stereocenters. The van der Waals surface area contributed by atoms with Crippen molar-refractivity contribution in [3.63, 3.8) is 0 Å². The maximum Gasteiger partial charge on any atom is 0.321 e. The molecule has 2 aromatic rings. The van der Waals surface area contributed by atoms with Crippen LogP contribution in [0.4, 0.5) is 10.5 Å². The fourth-order valence-electron chi connectivity index (χ4n) is 3.74. The van der Waals surface area contributed by atoms with Gasteiger partial charge in [-0.2, -0.15) is 0 Å². The summed E-state index contributed by atoms with van der Waals surface area (Å²) in [7, 11) is 0. The molecule has 1 fully saturated rings. The van der Waals surface area contributed by atoms with E-state index in [0.29, 0.717) is 23.7 Å². The van der Waals surface area contributed by atoms with Crippen LogP contribution in [0.25, 0.3) is 0 Å². The highest BCUT2D eigenvalue weighted by atomic mass is 35.5. The molecule has 6 heteroatoms. The summed E-state index contributed by atoms with van der Waals surface area (Å²) >= 11 is 6.34. The topological polar surface area (TPSA) is 61.4 Å². The molecule has 1 heterocycles. The van der Waals surface area contributed by atoms with E-state index in [1.54, 1.807) is 12.1 Å². The molecule has 0 bridgehead atoms. The smallest absolute Gasteiger partial charge is 0.321 e. The van der Waals surface area contributed by atoms with Crippen LogP contribution in [-0.2, 0) is 12.8 Å². The first-order chi connectivity index (χ1) is 14.0. The summed E-state index contributed by atoms with van der Waals surface area (Å²) in [5, 5.41) is 6.84. The van der Waals surface area contributed by atoms with Crippen molar-refractivity contribution in [3.8, 4) is 0 Å². The Labute approximate surface area is 177 Å². The van der Waals surface area contributed by atoms with E-state index in [2.05, 4.69) is 17.6 Å². The summed E-state index contributed by atoms with van der Waals surface area (Å²) in [5.74, 6) is -0.0624. The molecule has 1 aliphatic heterocycles. The molecule has 3 amide bonds. The SMILES string of the molecule is CCc1ccc(Cl)c(CC)c1NC(=O)N1CCC(NC(=O)c2ccccc2)CC1. The van der Waals surface area contributed by atoms with E-state index in [1.165, 1.54) is 0 Å². The van der Waals surface area contributed by atoms with E-state index in [-0.39, 0.29) is 18.0 Å². The summed E-state index contributed by atoms with van der Waals surface area (Å²) in [6.45, 7) is 5.32. The van der Waals surface area contributed by atoms with Crippen molar-refractivity contribution < 1.29 is 9.59 Å². The Morgan fingerprint density at radius 3 is 2.34 bits per heavy atom. The van der Waals surface area contributed by atoms with Gasteiger partial charge in [-0.15, -0.1) is 0 Å². The second-order valence-electron chi connectivity index (χ2n) is 7.30. The number of halogens is 1. The predicted molar refractivity (Wildman–Crippen MR) is 118 cm³/mol. The zero-order valence-corrected chi connectivity index (χ0v) is 17.8. The maximum atomic E-state index is 12.8. The molecule has 0 unspecified atom stereocenters. The molecule has 0 saturated carbocycles. The van der Waals surface area contributed by atoms with Crippen molar-refractivity contribution in [2.75, 3.05) is 18.4 Å². The number of hydrogen-bond acceptors (Lipinski definition) is 2. The molecule has 29 heavy (non-hydrogen) atoms. The number of piperidine rings is 1. The van der Waals surface area contributed by atoms with Crippen molar-refractivity contribution in [1.82, 2.24) is 10.2 Å². The third-order valence-corrected chi connectivity index (χ3v) is 5.82. The molecular formula is C23H28ClN3O2. The number of aryl methyl sites for hydroxylation is 1. The first-order valence-electron chi connectivity index (χ1n) is 10.3. The van der Waals surface area contributed by atoms with Gasteiger partial charge in [0.05, 0.1) is 5.69 Å². The van der Waals surface area contributed by atoms with Crippen LogP contribution in [0.2, 0.25) is 5.02 Å². The van der Waals surface area contributed by atoms with E-state index in [1.807, 2.05) is 42.2 Å². The molecule has 154 valence electrons. The Kier molecular flexibility index (Phi) is 7.15. The van der Waals surface area contributed by atoms with E-state index >= 15 is 0 Å². The number of hydrogen-bond donors (Lipinski definition) is 2. The molecular weight excluding hydrogens is 386 g/mol. The first-order valence-corrected chi connectivity index (χ1v) is 10.6. The second-order valence-corrected chi connectivity index (χ2v) is 7.71. The highest BCUT2D eigenvalue weighted by Crippen LogP contribution is 2.30. The third-order valence-electron chi connectivity index (χ3n) is 5.46. The molecule has 1 saturated heterocycles. The van der Waals surface area contributed by atoms with Gasteiger partial charge in [-0.1, -0.05) is 49.7 Å².